The van der Waals surface area contributed by atoms with Crippen LogP contribution in [0.25, 0.3) is 0 Å². The molecule has 1 aromatic heterocycles. The van der Waals surface area contributed by atoms with Crippen LogP contribution in [0.4, 0.5) is 10.8 Å². The van der Waals surface area contributed by atoms with E-state index >= 15 is 0 Å². The lowest BCUT2D eigenvalue weighted by Crippen LogP contribution is -2.07. The van der Waals surface area contributed by atoms with Crippen LogP contribution in [-0.2, 0) is 6.54 Å². The van der Waals surface area contributed by atoms with Crippen LogP contribution in [0.3, 0.4) is 0 Å². The summed E-state index contributed by atoms with van der Waals surface area (Å²) in [6.45, 7) is 0.933. The minimum Gasteiger partial charge on any atom is -0.480 e. The van der Waals surface area contributed by atoms with Crippen LogP contribution in [0.15, 0.2) is 18.2 Å². The van der Waals surface area contributed by atoms with E-state index in [4.69, 9.17) is 14.2 Å². The molecule has 0 amide bonds. The number of aromatic nitrogens is 1. The first-order valence-electron chi connectivity index (χ1n) is 6.52. The van der Waals surface area contributed by atoms with E-state index in [0.29, 0.717) is 12.4 Å². The maximum Gasteiger partial charge on any atom is 0.231 e. The number of ether oxygens (including phenoxy) is 3. The molecule has 0 radical (unpaired) electrons. The van der Waals surface area contributed by atoms with Crippen molar-refractivity contribution in [2.45, 2.75) is 6.54 Å². The van der Waals surface area contributed by atoms with Crippen LogP contribution in [0.1, 0.15) is 4.88 Å². The van der Waals surface area contributed by atoms with Crippen molar-refractivity contribution < 1.29 is 14.2 Å². The number of anilines is 2. The molecule has 0 saturated heterocycles. The highest BCUT2D eigenvalue weighted by Crippen LogP contribution is 2.35. The third-order valence-corrected chi connectivity index (χ3v) is 4.26. The summed E-state index contributed by atoms with van der Waals surface area (Å²) < 4.78 is 16.0. The number of benzene rings is 1. The molecule has 2 heterocycles. The van der Waals surface area contributed by atoms with Crippen molar-refractivity contribution in [1.82, 2.24) is 4.98 Å². The Bertz CT molecular complexity index is 642. The molecule has 21 heavy (non-hydrogen) atoms. The fourth-order valence-corrected chi connectivity index (χ4v) is 2.87. The number of rotatable bonds is 5. The molecule has 7 heteroatoms. The molecule has 6 nitrogen and oxygen atoms in total. The SMILES string of the molecule is COc1nc(N(C)C)sc1CNc1ccc2c(c1)OCO2. The Labute approximate surface area is 127 Å². The highest BCUT2D eigenvalue weighted by Gasteiger charge is 2.15. The molecule has 2 aromatic rings. The molecular formula is C14H17N3O3S. The minimum atomic E-state index is 0.285. The van der Waals surface area contributed by atoms with E-state index in [2.05, 4.69) is 10.3 Å². The molecule has 0 aliphatic carbocycles. The zero-order chi connectivity index (χ0) is 14.8. The van der Waals surface area contributed by atoms with Gasteiger partial charge in [-0.3, -0.25) is 0 Å². The second kappa shape index (κ2) is 5.69. The summed E-state index contributed by atoms with van der Waals surface area (Å²) in [5.74, 6) is 2.22. The van der Waals surface area contributed by atoms with Crippen LogP contribution in [0.2, 0.25) is 0 Å². The van der Waals surface area contributed by atoms with Gasteiger partial charge in [0.05, 0.1) is 18.5 Å². The first-order chi connectivity index (χ1) is 10.2. The zero-order valence-corrected chi connectivity index (χ0v) is 13.0. The number of hydrogen-bond acceptors (Lipinski definition) is 7. The van der Waals surface area contributed by atoms with Crippen LogP contribution >= 0.6 is 11.3 Å². The van der Waals surface area contributed by atoms with E-state index in [1.807, 2.05) is 37.2 Å². The van der Waals surface area contributed by atoms with Gasteiger partial charge >= 0.3 is 0 Å². The number of fused-ring (bicyclic) bond motifs is 1. The standard InChI is InChI=1S/C14H17N3O3S/c1-17(2)14-16-13(18-3)12(21-14)7-15-9-4-5-10-11(6-9)20-8-19-10/h4-6,15H,7-8H2,1-3H3. The number of methoxy groups -OCH3 is 1. The summed E-state index contributed by atoms with van der Waals surface area (Å²) in [5, 5.41) is 4.28. The van der Waals surface area contributed by atoms with Crippen molar-refractivity contribution in [3.8, 4) is 17.4 Å². The summed E-state index contributed by atoms with van der Waals surface area (Å²) in [6, 6.07) is 5.80. The lowest BCUT2D eigenvalue weighted by molar-refractivity contribution is 0.174. The van der Waals surface area contributed by atoms with Crippen molar-refractivity contribution in [3.63, 3.8) is 0 Å². The quantitative estimate of drug-likeness (QED) is 0.916. The molecule has 0 atom stereocenters. The molecule has 1 aliphatic rings. The number of thiazole rings is 1. The van der Waals surface area contributed by atoms with Gasteiger partial charge in [-0.2, -0.15) is 4.98 Å². The van der Waals surface area contributed by atoms with Gasteiger partial charge in [0.1, 0.15) is 0 Å². The van der Waals surface area contributed by atoms with Gasteiger partial charge in [-0.15, -0.1) is 0 Å². The Morgan fingerprint density at radius 3 is 2.90 bits per heavy atom. The molecular weight excluding hydrogens is 290 g/mol. The average molecular weight is 307 g/mol. The second-order valence-electron chi connectivity index (χ2n) is 4.74. The normalized spacial score (nSPS) is 12.3. The zero-order valence-electron chi connectivity index (χ0n) is 12.2. The molecule has 0 unspecified atom stereocenters. The predicted molar refractivity (Wildman–Crippen MR) is 82.9 cm³/mol. The van der Waals surface area contributed by atoms with Gasteiger partial charge in [0, 0.05) is 25.8 Å². The highest BCUT2D eigenvalue weighted by molar-refractivity contribution is 7.15. The van der Waals surface area contributed by atoms with E-state index in [1.165, 1.54) is 0 Å². The van der Waals surface area contributed by atoms with Gasteiger partial charge in [-0.1, -0.05) is 11.3 Å². The van der Waals surface area contributed by atoms with Gasteiger partial charge in [0.2, 0.25) is 12.7 Å². The molecule has 0 bridgehead atoms. The monoisotopic (exact) mass is 307 g/mol. The van der Waals surface area contributed by atoms with Crippen molar-refractivity contribution in [3.05, 3.63) is 23.1 Å². The minimum absolute atomic E-state index is 0.285. The Kier molecular flexibility index (Phi) is 3.74. The lowest BCUT2D eigenvalue weighted by Gasteiger charge is -2.07. The molecule has 1 N–H and O–H groups in total. The van der Waals surface area contributed by atoms with Crippen molar-refractivity contribution in [2.24, 2.45) is 0 Å². The number of hydrogen-bond donors (Lipinski definition) is 1. The smallest absolute Gasteiger partial charge is 0.231 e. The van der Waals surface area contributed by atoms with Crippen molar-refractivity contribution in [1.29, 1.82) is 0 Å². The largest absolute Gasteiger partial charge is 0.480 e. The van der Waals surface area contributed by atoms with Crippen molar-refractivity contribution in [2.75, 3.05) is 38.2 Å². The molecule has 0 spiro atoms. The molecule has 1 aliphatic heterocycles. The molecule has 112 valence electrons. The van der Waals surface area contributed by atoms with E-state index < -0.39 is 0 Å². The molecule has 0 saturated carbocycles. The Hall–Kier alpha value is -2.15. The van der Waals surface area contributed by atoms with Gasteiger partial charge in [0.25, 0.3) is 0 Å². The van der Waals surface area contributed by atoms with Gasteiger partial charge in [-0.05, 0) is 12.1 Å². The molecule has 3 rings (SSSR count). The first-order valence-corrected chi connectivity index (χ1v) is 7.33. The molecule has 0 fully saturated rings. The third-order valence-electron chi connectivity index (χ3n) is 3.05. The number of nitrogens with zero attached hydrogens (tertiary/aromatic N) is 2. The maximum absolute atomic E-state index is 5.37. The second-order valence-corrected chi connectivity index (χ2v) is 5.81. The highest BCUT2D eigenvalue weighted by atomic mass is 32.1. The fourth-order valence-electron chi connectivity index (χ4n) is 1.98. The average Bonchev–Trinajstić information content (AvgIpc) is 3.10. The van der Waals surface area contributed by atoms with Gasteiger partial charge in [-0.25, -0.2) is 0 Å². The fraction of sp³-hybridized carbons (Fsp3) is 0.357. The maximum atomic E-state index is 5.37. The summed E-state index contributed by atoms with van der Waals surface area (Å²) in [6.07, 6.45) is 0. The van der Waals surface area contributed by atoms with Crippen LogP contribution in [0, 0.1) is 0 Å². The first kappa shape index (κ1) is 13.8. The van der Waals surface area contributed by atoms with Crippen LogP contribution in [0.5, 0.6) is 17.4 Å². The van der Waals surface area contributed by atoms with E-state index in [1.54, 1.807) is 18.4 Å². The van der Waals surface area contributed by atoms with Crippen LogP contribution in [-0.4, -0.2) is 33.0 Å². The topological polar surface area (TPSA) is 55.9 Å². The molecule has 1 aromatic carbocycles. The van der Waals surface area contributed by atoms with Crippen LogP contribution < -0.4 is 24.4 Å². The van der Waals surface area contributed by atoms with E-state index in [0.717, 1.165) is 27.2 Å². The van der Waals surface area contributed by atoms with Gasteiger partial charge < -0.3 is 24.4 Å². The van der Waals surface area contributed by atoms with Crippen molar-refractivity contribution >= 4 is 22.2 Å². The van der Waals surface area contributed by atoms with E-state index in [9.17, 15) is 0 Å². The summed E-state index contributed by atoms with van der Waals surface area (Å²) in [4.78, 5) is 7.46. The number of nitrogens with one attached hydrogen (secondary N) is 1. The Balaban J connectivity index is 1.72. The Morgan fingerprint density at radius 1 is 1.33 bits per heavy atom. The third kappa shape index (κ3) is 2.82. The van der Waals surface area contributed by atoms with E-state index in [-0.39, 0.29) is 6.79 Å². The summed E-state index contributed by atoms with van der Waals surface area (Å²) in [5.41, 5.74) is 0.973. The summed E-state index contributed by atoms with van der Waals surface area (Å²) in [7, 11) is 5.57. The summed E-state index contributed by atoms with van der Waals surface area (Å²) >= 11 is 1.61. The van der Waals surface area contributed by atoms with Gasteiger partial charge in [0.15, 0.2) is 16.6 Å². The Morgan fingerprint density at radius 2 is 2.14 bits per heavy atom. The predicted octanol–water partition coefficient (Wildman–Crippen LogP) is 2.56. The lowest BCUT2D eigenvalue weighted by atomic mass is 10.3.